The van der Waals surface area contributed by atoms with Crippen LogP contribution in [0.2, 0.25) is 0 Å². The molecule has 3 aromatic heterocycles. The molecule has 5 rings (SSSR count). The molecule has 1 aliphatic heterocycles. The van der Waals surface area contributed by atoms with Crippen molar-refractivity contribution < 1.29 is 9.53 Å². The molecule has 4 heterocycles. The van der Waals surface area contributed by atoms with Crippen LogP contribution in [0.1, 0.15) is 60.9 Å². The van der Waals surface area contributed by atoms with Crippen molar-refractivity contribution in [3.05, 3.63) is 45.9 Å². The summed E-state index contributed by atoms with van der Waals surface area (Å²) in [4.78, 5) is 35.7. The predicted octanol–water partition coefficient (Wildman–Crippen LogP) is 3.20. The van der Waals surface area contributed by atoms with Gasteiger partial charge in [-0.25, -0.2) is 9.97 Å². The van der Waals surface area contributed by atoms with Crippen molar-refractivity contribution in [2.45, 2.75) is 64.0 Å². The second-order valence-electron chi connectivity index (χ2n) is 8.93. The summed E-state index contributed by atoms with van der Waals surface area (Å²) in [7, 11) is 0. The van der Waals surface area contributed by atoms with Crippen LogP contribution >= 0.6 is 0 Å². The molecule has 0 bridgehead atoms. The molecule has 2 N–H and O–H groups in total. The van der Waals surface area contributed by atoms with Crippen molar-refractivity contribution in [2.24, 2.45) is 0 Å². The summed E-state index contributed by atoms with van der Waals surface area (Å²) < 4.78 is 7.23. The molecule has 2 fully saturated rings. The third-order valence-corrected chi connectivity index (χ3v) is 6.45. The Morgan fingerprint density at radius 3 is 2.78 bits per heavy atom. The molecule has 1 saturated heterocycles. The Kier molecular flexibility index (Phi) is 5.78. The highest BCUT2D eigenvalue weighted by Crippen LogP contribution is 2.22. The van der Waals surface area contributed by atoms with Crippen LogP contribution in [0.4, 0.5) is 5.82 Å². The number of carbonyl (C=O) groups is 1. The first-order chi connectivity index (χ1) is 15.6. The lowest BCUT2D eigenvalue weighted by Gasteiger charge is -2.23. The molecule has 0 unspecified atom stereocenters. The van der Waals surface area contributed by atoms with Crippen LogP contribution in [0.5, 0.6) is 0 Å². The topological polar surface area (TPSA) is 97.6 Å². The fraction of sp³-hybridized carbons (Fsp3) is 0.500. The zero-order valence-electron chi connectivity index (χ0n) is 18.4. The SMILES string of the molecule is Cc1ccc2nc3nc(NC[C@@H]4CCCO4)c(C(=O)NC4CCCCC4)cc3c(=O)n2c1. The van der Waals surface area contributed by atoms with Crippen LogP contribution in [0.15, 0.2) is 29.2 Å². The minimum atomic E-state index is -0.224. The van der Waals surface area contributed by atoms with Gasteiger partial charge in [-0.15, -0.1) is 0 Å². The third kappa shape index (κ3) is 4.19. The van der Waals surface area contributed by atoms with Gasteiger partial charge in [0.1, 0.15) is 11.5 Å². The van der Waals surface area contributed by atoms with E-state index < -0.39 is 0 Å². The molecular formula is C24H29N5O3. The van der Waals surface area contributed by atoms with E-state index in [0.717, 1.165) is 50.7 Å². The van der Waals surface area contributed by atoms with E-state index >= 15 is 0 Å². The number of nitrogens with zero attached hydrogens (tertiary/aromatic N) is 3. The quantitative estimate of drug-likeness (QED) is 0.598. The Morgan fingerprint density at radius 1 is 1.16 bits per heavy atom. The van der Waals surface area contributed by atoms with E-state index in [4.69, 9.17) is 4.74 Å². The molecule has 1 atom stereocenters. The second kappa shape index (κ2) is 8.86. The number of fused-ring (bicyclic) bond motifs is 2. The molecule has 1 aliphatic carbocycles. The van der Waals surface area contributed by atoms with Crippen LogP contribution in [0.3, 0.4) is 0 Å². The van der Waals surface area contributed by atoms with Crippen LogP contribution in [-0.4, -0.2) is 45.6 Å². The number of hydrogen-bond acceptors (Lipinski definition) is 6. The average molecular weight is 436 g/mol. The molecule has 1 saturated carbocycles. The van der Waals surface area contributed by atoms with Crippen molar-refractivity contribution in [1.29, 1.82) is 0 Å². The Labute approximate surface area is 186 Å². The van der Waals surface area contributed by atoms with Gasteiger partial charge in [-0.2, -0.15) is 0 Å². The number of aromatic nitrogens is 3. The molecule has 2 aliphatic rings. The van der Waals surface area contributed by atoms with Crippen LogP contribution < -0.4 is 16.2 Å². The standard InChI is InChI=1S/C24H29N5O3/c1-15-9-10-20-27-22-19(24(31)29(20)14-15)12-18(23(30)26-16-6-3-2-4-7-16)21(28-22)25-13-17-8-5-11-32-17/h9-10,12,14,16-17H,2-8,11,13H2,1H3,(H,25,28)(H,26,30)/t17-/m0/s1. The first-order valence-corrected chi connectivity index (χ1v) is 11.6. The molecule has 3 aromatic rings. The summed E-state index contributed by atoms with van der Waals surface area (Å²) in [5.41, 5.74) is 1.98. The number of carbonyl (C=O) groups excluding carboxylic acids is 1. The normalized spacial score (nSPS) is 19.5. The van der Waals surface area contributed by atoms with Gasteiger partial charge in [0.05, 0.1) is 17.1 Å². The number of anilines is 1. The minimum absolute atomic E-state index is 0.0971. The number of amides is 1. The molecule has 0 radical (unpaired) electrons. The van der Waals surface area contributed by atoms with Crippen LogP contribution in [-0.2, 0) is 4.74 Å². The molecule has 0 spiro atoms. The maximum atomic E-state index is 13.3. The summed E-state index contributed by atoms with van der Waals surface area (Å²) in [6, 6.07) is 5.52. The highest BCUT2D eigenvalue weighted by molar-refractivity contribution is 6.02. The Morgan fingerprint density at radius 2 is 2.00 bits per heavy atom. The predicted molar refractivity (Wildman–Crippen MR) is 123 cm³/mol. The molecule has 0 aromatic carbocycles. The average Bonchev–Trinajstić information content (AvgIpc) is 3.32. The fourth-order valence-corrected chi connectivity index (χ4v) is 4.67. The Bertz CT molecular complexity index is 1210. The Hall–Kier alpha value is -3.00. The van der Waals surface area contributed by atoms with E-state index in [1.807, 2.05) is 13.0 Å². The monoisotopic (exact) mass is 435 g/mol. The van der Waals surface area contributed by atoms with Gasteiger partial charge in [0.2, 0.25) is 0 Å². The largest absolute Gasteiger partial charge is 0.376 e. The summed E-state index contributed by atoms with van der Waals surface area (Å²) in [6.07, 6.45) is 9.31. The summed E-state index contributed by atoms with van der Waals surface area (Å²) in [5.74, 6) is 0.250. The molecule has 8 nitrogen and oxygen atoms in total. The molecule has 168 valence electrons. The van der Waals surface area contributed by atoms with Crippen molar-refractivity contribution >= 4 is 28.4 Å². The number of nitrogens with one attached hydrogen (secondary N) is 2. The highest BCUT2D eigenvalue weighted by Gasteiger charge is 2.23. The van der Waals surface area contributed by atoms with Crippen molar-refractivity contribution in [3.8, 4) is 0 Å². The molecule has 32 heavy (non-hydrogen) atoms. The Balaban J connectivity index is 1.56. The number of rotatable bonds is 5. The van der Waals surface area contributed by atoms with E-state index in [1.54, 1.807) is 18.3 Å². The summed E-state index contributed by atoms with van der Waals surface area (Å²) in [6.45, 7) is 3.25. The maximum Gasteiger partial charge on any atom is 0.267 e. The molecule has 1 amide bonds. The van der Waals surface area contributed by atoms with Gasteiger partial charge in [-0.05, 0) is 50.3 Å². The summed E-state index contributed by atoms with van der Waals surface area (Å²) in [5, 5.41) is 6.79. The van der Waals surface area contributed by atoms with Gasteiger partial charge in [-0.3, -0.25) is 14.0 Å². The van der Waals surface area contributed by atoms with Crippen LogP contribution in [0, 0.1) is 6.92 Å². The van der Waals surface area contributed by atoms with Crippen molar-refractivity contribution in [2.75, 3.05) is 18.5 Å². The third-order valence-electron chi connectivity index (χ3n) is 6.45. The van der Waals surface area contributed by atoms with Crippen molar-refractivity contribution in [3.63, 3.8) is 0 Å². The zero-order valence-corrected chi connectivity index (χ0v) is 18.4. The minimum Gasteiger partial charge on any atom is -0.376 e. The summed E-state index contributed by atoms with van der Waals surface area (Å²) >= 11 is 0. The van der Waals surface area contributed by atoms with Gasteiger partial charge in [0.15, 0.2) is 5.65 Å². The van der Waals surface area contributed by atoms with Gasteiger partial charge in [0, 0.05) is 25.4 Å². The lowest BCUT2D eigenvalue weighted by atomic mass is 9.95. The lowest BCUT2D eigenvalue weighted by molar-refractivity contribution is 0.0928. The van der Waals surface area contributed by atoms with Crippen LogP contribution in [0.25, 0.3) is 16.7 Å². The number of pyridine rings is 2. The maximum absolute atomic E-state index is 13.3. The molecule has 8 heteroatoms. The van der Waals surface area contributed by atoms with Gasteiger partial charge in [0.25, 0.3) is 11.5 Å². The van der Waals surface area contributed by atoms with E-state index in [9.17, 15) is 9.59 Å². The second-order valence-corrected chi connectivity index (χ2v) is 8.93. The van der Waals surface area contributed by atoms with Gasteiger partial charge < -0.3 is 15.4 Å². The smallest absolute Gasteiger partial charge is 0.267 e. The number of hydrogen-bond donors (Lipinski definition) is 2. The van der Waals surface area contributed by atoms with Gasteiger partial charge >= 0.3 is 0 Å². The van der Waals surface area contributed by atoms with E-state index in [1.165, 1.54) is 10.8 Å². The molecular weight excluding hydrogens is 406 g/mol. The van der Waals surface area contributed by atoms with E-state index in [2.05, 4.69) is 20.6 Å². The van der Waals surface area contributed by atoms with Gasteiger partial charge in [-0.1, -0.05) is 25.3 Å². The fourth-order valence-electron chi connectivity index (χ4n) is 4.67. The zero-order chi connectivity index (χ0) is 22.1. The van der Waals surface area contributed by atoms with E-state index in [-0.39, 0.29) is 23.6 Å². The highest BCUT2D eigenvalue weighted by atomic mass is 16.5. The first kappa shape index (κ1) is 20.9. The van der Waals surface area contributed by atoms with Crippen molar-refractivity contribution in [1.82, 2.24) is 19.7 Å². The lowest BCUT2D eigenvalue weighted by Crippen LogP contribution is -2.37. The first-order valence-electron chi connectivity index (χ1n) is 11.6. The number of ether oxygens (including phenoxy) is 1. The number of aryl methyl sites for hydroxylation is 1. The van der Waals surface area contributed by atoms with E-state index in [0.29, 0.717) is 34.6 Å².